The zero-order chi connectivity index (χ0) is 14.8. The van der Waals surface area contributed by atoms with Gasteiger partial charge in [-0.3, -0.25) is 0 Å². The number of aryl methyl sites for hydroxylation is 1. The van der Waals surface area contributed by atoms with Gasteiger partial charge >= 0.3 is 0 Å². The fourth-order valence-electron chi connectivity index (χ4n) is 2.66. The van der Waals surface area contributed by atoms with E-state index in [1.54, 1.807) is 18.2 Å². The first kappa shape index (κ1) is 15.3. The van der Waals surface area contributed by atoms with E-state index in [2.05, 4.69) is 11.6 Å². The highest BCUT2D eigenvalue weighted by Crippen LogP contribution is 2.28. The SMILES string of the molecule is Cc1cc(S(=O)(=O)NCC2CCC(C)CC2)ccc1N. The lowest BCUT2D eigenvalue weighted by atomic mass is 9.83. The maximum Gasteiger partial charge on any atom is 0.240 e. The number of rotatable bonds is 4. The van der Waals surface area contributed by atoms with E-state index in [-0.39, 0.29) is 0 Å². The van der Waals surface area contributed by atoms with Crippen LogP contribution in [0.5, 0.6) is 0 Å². The number of benzene rings is 1. The van der Waals surface area contributed by atoms with E-state index >= 15 is 0 Å². The van der Waals surface area contributed by atoms with E-state index in [1.807, 2.05) is 6.92 Å². The lowest BCUT2D eigenvalue weighted by Crippen LogP contribution is -2.31. The van der Waals surface area contributed by atoms with Gasteiger partial charge in [-0.15, -0.1) is 0 Å². The van der Waals surface area contributed by atoms with Crippen molar-refractivity contribution in [2.45, 2.75) is 44.4 Å². The largest absolute Gasteiger partial charge is 0.399 e. The molecule has 4 nitrogen and oxygen atoms in total. The minimum Gasteiger partial charge on any atom is -0.399 e. The van der Waals surface area contributed by atoms with Gasteiger partial charge in [0.15, 0.2) is 0 Å². The standard InChI is InChI=1S/C15H24N2O2S/c1-11-3-5-13(6-4-11)10-17-20(18,19)14-7-8-15(16)12(2)9-14/h7-9,11,13,17H,3-6,10,16H2,1-2H3. The number of nitrogen functional groups attached to an aromatic ring is 1. The van der Waals surface area contributed by atoms with Crippen LogP contribution < -0.4 is 10.5 Å². The predicted molar refractivity (Wildman–Crippen MR) is 81.9 cm³/mol. The highest BCUT2D eigenvalue weighted by atomic mass is 32.2. The minimum absolute atomic E-state index is 0.299. The third kappa shape index (κ3) is 3.73. The zero-order valence-electron chi connectivity index (χ0n) is 12.2. The molecule has 0 atom stereocenters. The van der Waals surface area contributed by atoms with Gasteiger partial charge in [0.05, 0.1) is 4.90 Å². The molecule has 1 aromatic rings. The van der Waals surface area contributed by atoms with E-state index in [1.165, 1.54) is 12.8 Å². The van der Waals surface area contributed by atoms with Crippen LogP contribution in [0.4, 0.5) is 5.69 Å². The molecule has 20 heavy (non-hydrogen) atoms. The fourth-order valence-corrected chi connectivity index (χ4v) is 3.86. The molecule has 0 bridgehead atoms. The van der Waals surface area contributed by atoms with Crippen molar-refractivity contribution in [2.75, 3.05) is 12.3 Å². The van der Waals surface area contributed by atoms with Crippen LogP contribution in [0.15, 0.2) is 23.1 Å². The van der Waals surface area contributed by atoms with E-state index in [0.717, 1.165) is 24.3 Å². The Kier molecular flexibility index (Phi) is 4.70. The molecule has 1 aliphatic carbocycles. The van der Waals surface area contributed by atoms with Crippen LogP contribution in [-0.2, 0) is 10.0 Å². The molecule has 112 valence electrons. The van der Waals surface area contributed by atoms with Crippen LogP contribution in [0.2, 0.25) is 0 Å². The summed E-state index contributed by atoms with van der Waals surface area (Å²) in [6.07, 6.45) is 4.63. The van der Waals surface area contributed by atoms with Crippen molar-refractivity contribution in [3.63, 3.8) is 0 Å². The third-order valence-electron chi connectivity index (χ3n) is 4.25. The number of hydrogen-bond donors (Lipinski definition) is 2. The molecular weight excluding hydrogens is 272 g/mol. The second-order valence-electron chi connectivity index (χ2n) is 6.00. The van der Waals surface area contributed by atoms with Crippen LogP contribution in [0.1, 0.15) is 38.2 Å². The van der Waals surface area contributed by atoms with E-state index in [0.29, 0.717) is 23.0 Å². The smallest absolute Gasteiger partial charge is 0.240 e. The van der Waals surface area contributed by atoms with Crippen molar-refractivity contribution in [3.05, 3.63) is 23.8 Å². The highest BCUT2D eigenvalue weighted by Gasteiger charge is 2.21. The molecule has 0 amide bonds. The van der Waals surface area contributed by atoms with Gasteiger partial charge in [-0.1, -0.05) is 19.8 Å². The van der Waals surface area contributed by atoms with Crippen molar-refractivity contribution in [1.82, 2.24) is 4.72 Å². The van der Waals surface area contributed by atoms with Crippen molar-refractivity contribution in [2.24, 2.45) is 11.8 Å². The van der Waals surface area contributed by atoms with Crippen molar-refractivity contribution >= 4 is 15.7 Å². The number of nitrogens with two attached hydrogens (primary N) is 1. The summed E-state index contributed by atoms with van der Waals surface area (Å²) in [5, 5.41) is 0. The number of hydrogen-bond acceptors (Lipinski definition) is 3. The molecule has 0 saturated heterocycles. The first-order valence-electron chi connectivity index (χ1n) is 7.24. The second-order valence-corrected chi connectivity index (χ2v) is 7.76. The first-order valence-corrected chi connectivity index (χ1v) is 8.72. The molecule has 1 aliphatic rings. The monoisotopic (exact) mass is 296 g/mol. The molecular formula is C15H24N2O2S. The lowest BCUT2D eigenvalue weighted by molar-refractivity contribution is 0.290. The summed E-state index contributed by atoms with van der Waals surface area (Å²) in [6.45, 7) is 4.62. The Morgan fingerprint density at radius 1 is 1.25 bits per heavy atom. The summed E-state index contributed by atoms with van der Waals surface area (Å²) >= 11 is 0. The Balaban J connectivity index is 1.98. The maximum absolute atomic E-state index is 12.3. The second kappa shape index (κ2) is 6.14. The summed E-state index contributed by atoms with van der Waals surface area (Å²) in [5.41, 5.74) is 7.13. The zero-order valence-corrected chi connectivity index (χ0v) is 13.0. The quantitative estimate of drug-likeness (QED) is 0.839. The van der Waals surface area contributed by atoms with Gasteiger partial charge in [0, 0.05) is 12.2 Å². The van der Waals surface area contributed by atoms with Crippen LogP contribution in [0.3, 0.4) is 0 Å². The molecule has 1 fully saturated rings. The Morgan fingerprint density at radius 3 is 2.50 bits per heavy atom. The molecule has 2 rings (SSSR count). The number of anilines is 1. The van der Waals surface area contributed by atoms with Crippen molar-refractivity contribution in [1.29, 1.82) is 0 Å². The molecule has 0 heterocycles. The molecule has 0 aliphatic heterocycles. The van der Waals surface area contributed by atoms with Crippen molar-refractivity contribution in [3.8, 4) is 0 Å². The highest BCUT2D eigenvalue weighted by molar-refractivity contribution is 7.89. The fraction of sp³-hybridized carbons (Fsp3) is 0.600. The van der Waals surface area contributed by atoms with E-state index < -0.39 is 10.0 Å². The van der Waals surface area contributed by atoms with Gasteiger partial charge in [0.25, 0.3) is 0 Å². The maximum atomic E-state index is 12.3. The van der Waals surface area contributed by atoms with Gasteiger partial charge < -0.3 is 5.73 Å². The van der Waals surface area contributed by atoms with Crippen LogP contribution in [0.25, 0.3) is 0 Å². The summed E-state index contributed by atoms with van der Waals surface area (Å²) in [5.74, 6) is 1.25. The summed E-state index contributed by atoms with van der Waals surface area (Å²) < 4.78 is 27.2. The Bertz CT molecular complexity index is 561. The number of sulfonamides is 1. The molecule has 0 unspecified atom stereocenters. The predicted octanol–water partition coefficient (Wildman–Crippen LogP) is 2.68. The molecule has 5 heteroatoms. The normalized spacial score (nSPS) is 23.7. The van der Waals surface area contributed by atoms with E-state index in [9.17, 15) is 8.42 Å². The minimum atomic E-state index is -3.42. The number of nitrogens with one attached hydrogen (secondary N) is 1. The van der Waals surface area contributed by atoms with Gasteiger partial charge in [0.2, 0.25) is 10.0 Å². The average Bonchev–Trinajstić information content (AvgIpc) is 2.41. The van der Waals surface area contributed by atoms with E-state index in [4.69, 9.17) is 5.73 Å². The molecule has 0 spiro atoms. The topological polar surface area (TPSA) is 72.2 Å². The van der Waals surface area contributed by atoms with Crippen LogP contribution in [-0.4, -0.2) is 15.0 Å². The van der Waals surface area contributed by atoms with Gasteiger partial charge in [-0.2, -0.15) is 0 Å². The molecule has 0 aromatic heterocycles. The average molecular weight is 296 g/mol. The van der Waals surface area contributed by atoms with Gasteiger partial charge in [-0.05, 0) is 55.4 Å². The van der Waals surface area contributed by atoms with Crippen LogP contribution >= 0.6 is 0 Å². The summed E-state index contributed by atoms with van der Waals surface area (Å²) in [4.78, 5) is 0.299. The van der Waals surface area contributed by atoms with Crippen molar-refractivity contribution < 1.29 is 8.42 Å². The van der Waals surface area contributed by atoms with Gasteiger partial charge in [-0.25, -0.2) is 13.1 Å². The Labute approximate surface area is 121 Å². The summed E-state index contributed by atoms with van der Waals surface area (Å²) in [7, 11) is -3.42. The molecule has 1 saturated carbocycles. The van der Waals surface area contributed by atoms with Crippen LogP contribution in [0, 0.1) is 18.8 Å². The Hall–Kier alpha value is -1.07. The lowest BCUT2D eigenvalue weighted by Gasteiger charge is -2.26. The first-order chi connectivity index (χ1) is 9.38. The Morgan fingerprint density at radius 2 is 1.90 bits per heavy atom. The third-order valence-corrected chi connectivity index (χ3v) is 5.67. The molecule has 0 radical (unpaired) electrons. The van der Waals surface area contributed by atoms with Gasteiger partial charge in [0.1, 0.15) is 0 Å². The molecule has 3 N–H and O–H groups in total. The molecule has 1 aromatic carbocycles. The summed E-state index contributed by atoms with van der Waals surface area (Å²) in [6, 6.07) is 4.83.